The lowest BCUT2D eigenvalue weighted by Crippen LogP contribution is -2.21. The van der Waals surface area contributed by atoms with Crippen molar-refractivity contribution in [3.63, 3.8) is 0 Å². The van der Waals surface area contributed by atoms with Crippen LogP contribution in [-0.2, 0) is 11.2 Å². The fraction of sp³-hybridized carbons (Fsp3) is 0.174. The summed E-state index contributed by atoms with van der Waals surface area (Å²) in [7, 11) is 0. The minimum Gasteiger partial charge on any atom is -0.481 e. The van der Waals surface area contributed by atoms with E-state index in [1.54, 1.807) is 6.07 Å². The first-order valence-electron chi connectivity index (χ1n) is 9.78. The van der Waals surface area contributed by atoms with Gasteiger partial charge in [0, 0.05) is 16.8 Å². The van der Waals surface area contributed by atoms with Gasteiger partial charge in [0.1, 0.15) is 22.5 Å². The standard InChI is InChI=1S/C23H21BrN4O3/c1-15-12-17(24)7-8-18(15)25-23(30)14-31-22-9-6-16(10-11-29)13-21(22)28-26-19-4-2-3-5-20(19)27-28/h2-9,12-13,29H,10-11,14H2,1H3,(H,25,30). The quantitative estimate of drug-likeness (QED) is 0.416. The normalized spacial score (nSPS) is 10.9. The number of hydrogen-bond acceptors (Lipinski definition) is 5. The van der Waals surface area contributed by atoms with Crippen molar-refractivity contribution in [2.75, 3.05) is 18.5 Å². The average Bonchev–Trinajstić information content (AvgIpc) is 3.19. The highest BCUT2D eigenvalue weighted by Crippen LogP contribution is 2.25. The SMILES string of the molecule is Cc1cc(Br)ccc1NC(=O)COc1ccc(CCO)cc1-n1nc2ccccc2n1. The number of nitrogens with zero attached hydrogens (tertiary/aromatic N) is 3. The summed E-state index contributed by atoms with van der Waals surface area (Å²) >= 11 is 3.42. The minimum absolute atomic E-state index is 0.0309. The molecule has 4 rings (SSSR count). The van der Waals surface area contributed by atoms with Crippen molar-refractivity contribution in [1.82, 2.24) is 15.0 Å². The Bertz CT molecular complexity index is 1210. The molecular weight excluding hydrogens is 460 g/mol. The van der Waals surface area contributed by atoms with Crippen LogP contribution in [0.1, 0.15) is 11.1 Å². The van der Waals surface area contributed by atoms with E-state index in [9.17, 15) is 9.90 Å². The van der Waals surface area contributed by atoms with Crippen molar-refractivity contribution >= 4 is 38.6 Å². The number of anilines is 1. The number of aryl methyl sites for hydroxylation is 1. The lowest BCUT2D eigenvalue weighted by Gasteiger charge is -2.13. The molecule has 0 unspecified atom stereocenters. The smallest absolute Gasteiger partial charge is 0.262 e. The van der Waals surface area contributed by atoms with E-state index in [2.05, 4.69) is 31.4 Å². The van der Waals surface area contributed by atoms with Crippen LogP contribution in [0.5, 0.6) is 5.75 Å². The maximum Gasteiger partial charge on any atom is 0.262 e. The van der Waals surface area contributed by atoms with E-state index in [0.29, 0.717) is 17.9 Å². The van der Waals surface area contributed by atoms with Gasteiger partial charge in [0.15, 0.2) is 6.61 Å². The van der Waals surface area contributed by atoms with E-state index in [-0.39, 0.29) is 19.1 Å². The molecule has 0 bridgehead atoms. The number of halogens is 1. The molecule has 31 heavy (non-hydrogen) atoms. The molecule has 2 N–H and O–H groups in total. The van der Waals surface area contributed by atoms with Gasteiger partial charge in [0.05, 0.1) is 0 Å². The van der Waals surface area contributed by atoms with Crippen LogP contribution in [0.25, 0.3) is 16.7 Å². The van der Waals surface area contributed by atoms with E-state index >= 15 is 0 Å². The second kappa shape index (κ2) is 9.28. The Kier molecular flexibility index (Phi) is 6.29. The number of amides is 1. The number of nitrogens with one attached hydrogen (secondary N) is 1. The molecule has 0 aliphatic carbocycles. The zero-order valence-electron chi connectivity index (χ0n) is 16.9. The molecule has 1 amide bonds. The largest absolute Gasteiger partial charge is 0.481 e. The molecule has 0 saturated heterocycles. The van der Waals surface area contributed by atoms with E-state index in [1.807, 2.05) is 61.5 Å². The number of ether oxygens (including phenoxy) is 1. The van der Waals surface area contributed by atoms with Gasteiger partial charge in [-0.3, -0.25) is 4.79 Å². The van der Waals surface area contributed by atoms with Crippen molar-refractivity contribution in [1.29, 1.82) is 0 Å². The van der Waals surface area contributed by atoms with Crippen molar-refractivity contribution in [3.05, 3.63) is 76.3 Å². The third-order valence-corrected chi connectivity index (χ3v) is 5.24. The van der Waals surface area contributed by atoms with Gasteiger partial charge in [0.2, 0.25) is 0 Å². The highest BCUT2D eigenvalue weighted by molar-refractivity contribution is 9.10. The van der Waals surface area contributed by atoms with Crippen LogP contribution in [0.15, 0.2) is 65.1 Å². The fourth-order valence-electron chi connectivity index (χ4n) is 3.19. The average molecular weight is 481 g/mol. The van der Waals surface area contributed by atoms with Crippen LogP contribution in [0, 0.1) is 6.92 Å². The Hall–Kier alpha value is -3.23. The zero-order chi connectivity index (χ0) is 21.8. The molecule has 0 spiro atoms. The van der Waals surface area contributed by atoms with E-state index in [4.69, 9.17) is 4.74 Å². The molecule has 3 aromatic carbocycles. The van der Waals surface area contributed by atoms with Crippen LogP contribution < -0.4 is 10.1 Å². The fourth-order valence-corrected chi connectivity index (χ4v) is 3.67. The summed E-state index contributed by atoms with van der Waals surface area (Å²) in [5.41, 5.74) is 4.71. The van der Waals surface area contributed by atoms with Crippen molar-refractivity contribution in [2.45, 2.75) is 13.3 Å². The molecule has 1 aromatic heterocycles. The molecule has 8 heteroatoms. The number of fused-ring (bicyclic) bond motifs is 1. The minimum atomic E-state index is -0.269. The molecule has 7 nitrogen and oxygen atoms in total. The molecule has 4 aromatic rings. The van der Waals surface area contributed by atoms with Crippen LogP contribution >= 0.6 is 15.9 Å². The van der Waals surface area contributed by atoms with Gasteiger partial charge in [-0.1, -0.05) is 34.1 Å². The number of aliphatic hydroxyl groups excluding tert-OH is 1. The first kappa shape index (κ1) is 21.0. The summed E-state index contributed by atoms with van der Waals surface area (Å²) < 4.78 is 6.78. The number of hydrogen-bond donors (Lipinski definition) is 2. The molecule has 1 heterocycles. The first-order chi connectivity index (χ1) is 15.0. The number of aliphatic hydroxyl groups is 1. The molecule has 0 saturated carbocycles. The molecule has 0 fully saturated rings. The second-order valence-electron chi connectivity index (χ2n) is 7.05. The molecule has 0 atom stereocenters. The maximum absolute atomic E-state index is 12.5. The Morgan fingerprint density at radius 2 is 1.84 bits per heavy atom. The van der Waals surface area contributed by atoms with Gasteiger partial charge in [-0.15, -0.1) is 15.0 Å². The highest BCUT2D eigenvalue weighted by Gasteiger charge is 2.14. The summed E-state index contributed by atoms with van der Waals surface area (Å²) in [6, 6.07) is 18.7. The monoisotopic (exact) mass is 480 g/mol. The summed E-state index contributed by atoms with van der Waals surface area (Å²) in [5.74, 6) is 0.207. The van der Waals surface area contributed by atoms with Gasteiger partial charge in [0.25, 0.3) is 5.91 Å². The molecule has 158 valence electrons. The van der Waals surface area contributed by atoms with Crippen LogP contribution in [0.3, 0.4) is 0 Å². The van der Waals surface area contributed by atoms with Gasteiger partial charge < -0.3 is 15.2 Å². The molecule has 0 radical (unpaired) electrons. The summed E-state index contributed by atoms with van der Waals surface area (Å²) in [5, 5.41) is 21.2. The first-order valence-corrected chi connectivity index (χ1v) is 10.6. The van der Waals surface area contributed by atoms with Crippen LogP contribution in [0.4, 0.5) is 5.69 Å². The number of aromatic nitrogens is 3. The maximum atomic E-state index is 12.5. The van der Waals surface area contributed by atoms with E-state index < -0.39 is 0 Å². The van der Waals surface area contributed by atoms with Crippen molar-refractivity contribution < 1.29 is 14.6 Å². The molecule has 0 aliphatic heterocycles. The highest BCUT2D eigenvalue weighted by atomic mass is 79.9. The van der Waals surface area contributed by atoms with Crippen molar-refractivity contribution in [2.24, 2.45) is 0 Å². The Balaban J connectivity index is 1.56. The Morgan fingerprint density at radius 1 is 1.10 bits per heavy atom. The summed E-state index contributed by atoms with van der Waals surface area (Å²) in [6.07, 6.45) is 0.497. The second-order valence-corrected chi connectivity index (χ2v) is 7.97. The van der Waals surface area contributed by atoms with Crippen molar-refractivity contribution in [3.8, 4) is 11.4 Å². The predicted molar refractivity (Wildman–Crippen MR) is 123 cm³/mol. The Labute approximate surface area is 187 Å². The zero-order valence-corrected chi connectivity index (χ0v) is 18.5. The topological polar surface area (TPSA) is 89.3 Å². The number of carbonyl (C=O) groups excluding carboxylic acids is 1. The molecular formula is C23H21BrN4O3. The summed E-state index contributed by atoms with van der Waals surface area (Å²) in [6.45, 7) is 1.79. The van der Waals surface area contributed by atoms with E-state index in [1.165, 1.54) is 4.80 Å². The summed E-state index contributed by atoms with van der Waals surface area (Å²) in [4.78, 5) is 14.0. The van der Waals surface area contributed by atoms with Crippen LogP contribution in [-0.4, -0.2) is 39.2 Å². The van der Waals surface area contributed by atoms with Gasteiger partial charge in [-0.2, -0.15) is 0 Å². The van der Waals surface area contributed by atoms with Gasteiger partial charge in [-0.05, 0) is 66.9 Å². The lowest BCUT2D eigenvalue weighted by molar-refractivity contribution is -0.118. The Morgan fingerprint density at radius 3 is 2.52 bits per heavy atom. The third kappa shape index (κ3) is 4.92. The number of benzene rings is 3. The lowest BCUT2D eigenvalue weighted by atomic mass is 10.1. The van der Waals surface area contributed by atoms with Gasteiger partial charge >= 0.3 is 0 Å². The van der Waals surface area contributed by atoms with Gasteiger partial charge in [-0.25, -0.2) is 0 Å². The number of carbonyl (C=O) groups is 1. The number of rotatable bonds is 7. The van der Waals surface area contributed by atoms with Crippen LogP contribution in [0.2, 0.25) is 0 Å². The molecule has 0 aliphatic rings. The predicted octanol–water partition coefficient (Wildman–Crippen LogP) is 4.04. The third-order valence-electron chi connectivity index (χ3n) is 4.75. The van der Waals surface area contributed by atoms with E-state index in [0.717, 1.165) is 32.3 Å².